The van der Waals surface area contributed by atoms with Gasteiger partial charge in [0.1, 0.15) is 11.2 Å². The van der Waals surface area contributed by atoms with Gasteiger partial charge in [0.05, 0.1) is 5.41 Å². The summed E-state index contributed by atoms with van der Waals surface area (Å²) in [5.41, 5.74) is 10.4. The first-order valence-corrected chi connectivity index (χ1v) is 15.3. The molecular weight excluding hydrogens is 667 g/mol. The van der Waals surface area contributed by atoms with Crippen LogP contribution in [0.4, 0.5) is 0 Å². The smallest absolute Gasteiger partial charge is 0.144 e. The number of hydrogen-bond acceptors (Lipinski definition) is 1. The molecule has 190 valence electrons. The van der Waals surface area contributed by atoms with Crippen molar-refractivity contribution in [2.24, 2.45) is 0 Å². The number of fused-ring (bicyclic) bond motifs is 16. The Labute approximate surface area is 256 Å². The minimum atomic E-state index is -0.632. The monoisotopic (exact) mass is 680 g/mol. The van der Waals surface area contributed by atoms with Gasteiger partial charge in [-0.2, -0.15) is 0 Å². The van der Waals surface area contributed by atoms with Crippen molar-refractivity contribution in [3.8, 4) is 22.3 Å². The van der Waals surface area contributed by atoms with Crippen molar-refractivity contribution in [3.05, 3.63) is 138 Å². The summed E-state index contributed by atoms with van der Waals surface area (Å²) in [7, 11) is 0. The van der Waals surface area contributed by atoms with Gasteiger partial charge in [-0.05, 0) is 92.2 Å². The Morgan fingerprint density at radius 1 is 0.550 bits per heavy atom. The van der Waals surface area contributed by atoms with Crippen molar-refractivity contribution in [2.45, 2.75) is 5.41 Å². The average Bonchev–Trinajstić information content (AvgIpc) is 3.57. The molecule has 1 spiro atoms. The standard InChI is InChI=1S/C35H16Br2Cl2O/c36-28-15-26-31(22-6-2-1-5-21(22)28)33-27(16-29(37)32-23-7-3-4-8-30(23)40-34(32)33)35(26)24-13-17(38)9-11-19(24)20-12-10-18(39)14-25(20)35/h1-16H. The van der Waals surface area contributed by atoms with Crippen molar-refractivity contribution in [2.75, 3.05) is 0 Å². The van der Waals surface area contributed by atoms with Gasteiger partial charge >= 0.3 is 0 Å². The lowest BCUT2D eigenvalue weighted by Gasteiger charge is -2.31. The van der Waals surface area contributed by atoms with E-state index in [-0.39, 0.29) is 0 Å². The number of hydrogen-bond donors (Lipinski definition) is 0. The largest absolute Gasteiger partial charge is 0.455 e. The Bertz CT molecular complexity index is 2230. The van der Waals surface area contributed by atoms with Gasteiger partial charge in [0.2, 0.25) is 0 Å². The molecule has 0 radical (unpaired) electrons. The topological polar surface area (TPSA) is 13.1 Å². The number of furan rings is 1. The quantitative estimate of drug-likeness (QED) is 0.155. The van der Waals surface area contributed by atoms with E-state index in [1.807, 2.05) is 24.3 Å². The molecule has 0 bridgehead atoms. The molecule has 0 fully saturated rings. The molecule has 40 heavy (non-hydrogen) atoms. The van der Waals surface area contributed by atoms with Crippen LogP contribution in [-0.4, -0.2) is 0 Å². The molecule has 6 aromatic carbocycles. The highest BCUT2D eigenvalue weighted by molar-refractivity contribution is 9.11. The first-order valence-electron chi connectivity index (χ1n) is 12.9. The number of halogens is 4. The number of rotatable bonds is 0. The van der Waals surface area contributed by atoms with E-state index in [0.717, 1.165) is 58.5 Å². The van der Waals surface area contributed by atoms with Gasteiger partial charge in [0.15, 0.2) is 0 Å². The number of para-hydroxylation sites is 1. The van der Waals surface area contributed by atoms with E-state index in [2.05, 4.69) is 105 Å². The van der Waals surface area contributed by atoms with Crippen LogP contribution in [0.25, 0.3) is 55.0 Å². The SMILES string of the molecule is Clc1ccc2c(c1)C1(c3cc(Cl)ccc3-2)c2cc(Br)c3ccccc3c2-c2c1cc(Br)c1c2oc2ccccc21. The Hall–Kier alpha value is -3.08. The van der Waals surface area contributed by atoms with Crippen LogP contribution in [0.15, 0.2) is 110 Å². The molecule has 0 unspecified atom stereocenters. The zero-order chi connectivity index (χ0) is 26.9. The van der Waals surface area contributed by atoms with E-state index in [1.165, 1.54) is 27.6 Å². The fourth-order valence-corrected chi connectivity index (χ4v) is 8.83. The predicted molar refractivity (Wildman–Crippen MR) is 173 cm³/mol. The fraction of sp³-hybridized carbons (Fsp3) is 0.0286. The van der Waals surface area contributed by atoms with Crippen LogP contribution in [0, 0.1) is 0 Å². The van der Waals surface area contributed by atoms with Gasteiger partial charge in [-0.3, -0.25) is 0 Å². The van der Waals surface area contributed by atoms with Crippen LogP contribution >= 0.6 is 55.1 Å². The van der Waals surface area contributed by atoms with E-state index in [0.29, 0.717) is 10.0 Å². The lowest BCUT2D eigenvalue weighted by molar-refractivity contribution is 0.669. The van der Waals surface area contributed by atoms with Gasteiger partial charge in [0.25, 0.3) is 0 Å². The second kappa shape index (κ2) is 8.02. The highest BCUT2D eigenvalue weighted by atomic mass is 79.9. The van der Waals surface area contributed by atoms with Crippen LogP contribution in [0.3, 0.4) is 0 Å². The maximum Gasteiger partial charge on any atom is 0.144 e. The molecule has 0 saturated heterocycles. The molecule has 0 aliphatic heterocycles. The molecular formula is C35H16Br2Cl2O. The number of benzene rings is 6. The summed E-state index contributed by atoms with van der Waals surface area (Å²) >= 11 is 21.4. The first-order chi connectivity index (χ1) is 19.5. The second-order valence-corrected chi connectivity index (χ2v) is 13.1. The summed E-state index contributed by atoms with van der Waals surface area (Å²) in [6.07, 6.45) is 0. The molecule has 1 nitrogen and oxygen atoms in total. The highest BCUT2D eigenvalue weighted by Gasteiger charge is 2.53. The van der Waals surface area contributed by atoms with Gasteiger partial charge in [-0.25, -0.2) is 0 Å². The lowest BCUT2D eigenvalue weighted by atomic mass is 9.70. The summed E-state index contributed by atoms with van der Waals surface area (Å²) in [6.45, 7) is 0. The molecule has 0 amide bonds. The predicted octanol–water partition coefficient (Wildman–Crippen LogP) is 11.9. The third kappa shape index (κ3) is 2.75. The van der Waals surface area contributed by atoms with Crippen molar-refractivity contribution >= 4 is 87.8 Å². The molecule has 5 heteroatoms. The normalized spacial score (nSPS) is 14.2. The van der Waals surface area contributed by atoms with E-state index >= 15 is 0 Å². The summed E-state index contributed by atoms with van der Waals surface area (Å²) < 4.78 is 8.79. The van der Waals surface area contributed by atoms with Gasteiger partial charge in [-0.15, -0.1) is 0 Å². The van der Waals surface area contributed by atoms with Crippen LogP contribution in [0.2, 0.25) is 10.0 Å². The molecule has 2 aliphatic carbocycles. The lowest BCUT2D eigenvalue weighted by Crippen LogP contribution is -2.26. The molecule has 0 saturated carbocycles. The summed E-state index contributed by atoms with van der Waals surface area (Å²) in [5, 5.41) is 5.92. The summed E-state index contributed by atoms with van der Waals surface area (Å²) in [6, 6.07) is 33.9. The summed E-state index contributed by atoms with van der Waals surface area (Å²) in [5.74, 6) is 0. The zero-order valence-corrected chi connectivity index (χ0v) is 25.3. The minimum absolute atomic E-state index is 0.632. The Morgan fingerprint density at radius 3 is 1.82 bits per heavy atom. The van der Waals surface area contributed by atoms with Gasteiger partial charge in [-0.1, -0.05) is 110 Å². The van der Waals surface area contributed by atoms with Crippen LogP contribution in [0.1, 0.15) is 22.3 Å². The van der Waals surface area contributed by atoms with Crippen molar-refractivity contribution in [3.63, 3.8) is 0 Å². The van der Waals surface area contributed by atoms with Gasteiger partial charge in [0, 0.05) is 35.3 Å². The van der Waals surface area contributed by atoms with Crippen molar-refractivity contribution in [1.29, 1.82) is 0 Å². The second-order valence-electron chi connectivity index (χ2n) is 10.5. The molecule has 2 aliphatic rings. The third-order valence-corrected chi connectivity index (χ3v) is 10.5. The Balaban J connectivity index is 1.60. The molecule has 1 heterocycles. The van der Waals surface area contributed by atoms with Crippen LogP contribution in [-0.2, 0) is 5.41 Å². The third-order valence-electron chi connectivity index (χ3n) is 8.72. The van der Waals surface area contributed by atoms with E-state index in [1.54, 1.807) is 0 Å². The van der Waals surface area contributed by atoms with Crippen LogP contribution in [0.5, 0.6) is 0 Å². The molecule has 0 atom stereocenters. The molecule has 1 aromatic heterocycles. The zero-order valence-electron chi connectivity index (χ0n) is 20.7. The fourth-order valence-electron chi connectivity index (χ4n) is 7.29. The molecule has 0 N–H and O–H groups in total. The minimum Gasteiger partial charge on any atom is -0.455 e. The van der Waals surface area contributed by atoms with E-state index in [9.17, 15) is 0 Å². The van der Waals surface area contributed by atoms with Crippen molar-refractivity contribution < 1.29 is 4.42 Å². The maximum atomic E-state index is 6.76. The summed E-state index contributed by atoms with van der Waals surface area (Å²) in [4.78, 5) is 0. The molecule has 9 rings (SSSR count). The Kier molecular flexibility index (Phi) is 4.73. The van der Waals surface area contributed by atoms with Gasteiger partial charge < -0.3 is 4.42 Å². The van der Waals surface area contributed by atoms with Crippen molar-refractivity contribution in [1.82, 2.24) is 0 Å². The maximum absolute atomic E-state index is 6.76. The average molecular weight is 683 g/mol. The highest BCUT2D eigenvalue weighted by Crippen LogP contribution is 2.66. The molecule has 7 aromatic rings. The van der Waals surface area contributed by atoms with E-state index in [4.69, 9.17) is 27.6 Å². The van der Waals surface area contributed by atoms with E-state index < -0.39 is 5.41 Å². The first kappa shape index (κ1) is 23.6. The Morgan fingerprint density at radius 2 is 1.12 bits per heavy atom. The van der Waals surface area contributed by atoms with Crippen LogP contribution < -0.4 is 0 Å².